The molecule has 0 aliphatic rings. The summed E-state index contributed by atoms with van der Waals surface area (Å²) in [4.78, 5) is 0. The molecule has 0 aliphatic carbocycles. The van der Waals surface area contributed by atoms with Crippen molar-refractivity contribution in [3.05, 3.63) is 35.1 Å². The number of hydrogen-bond donors (Lipinski definition) is 1. The van der Waals surface area contributed by atoms with Gasteiger partial charge in [-0.3, -0.25) is 0 Å². The molecule has 0 saturated heterocycles. The number of nitrogens with one attached hydrogen (secondary N) is 1. The molecule has 16 heavy (non-hydrogen) atoms. The van der Waals surface area contributed by atoms with E-state index in [9.17, 15) is 4.39 Å². The third kappa shape index (κ3) is 3.60. The number of aryl methyl sites for hydroxylation is 1. The molecule has 1 aromatic rings. The number of rotatable bonds is 5. The van der Waals surface area contributed by atoms with Crippen LogP contribution < -0.4 is 5.32 Å². The molecule has 1 unspecified atom stereocenters. The lowest BCUT2D eigenvalue weighted by Crippen LogP contribution is -2.23. The van der Waals surface area contributed by atoms with E-state index in [4.69, 9.17) is 0 Å². The Morgan fingerprint density at radius 2 is 2.00 bits per heavy atom. The Balaban J connectivity index is 2.94. The second-order valence-corrected chi connectivity index (χ2v) is 4.74. The van der Waals surface area contributed by atoms with Crippen molar-refractivity contribution in [2.75, 3.05) is 6.54 Å². The van der Waals surface area contributed by atoms with Crippen LogP contribution in [0.4, 0.5) is 4.39 Å². The van der Waals surface area contributed by atoms with Gasteiger partial charge in [0.05, 0.1) is 0 Å². The first-order valence-electron chi connectivity index (χ1n) is 6.04. The molecule has 0 heterocycles. The Morgan fingerprint density at radius 3 is 2.56 bits per heavy atom. The van der Waals surface area contributed by atoms with Gasteiger partial charge in [-0.1, -0.05) is 26.8 Å². The monoisotopic (exact) mass is 223 g/mol. The number of benzene rings is 1. The molecule has 1 atom stereocenters. The van der Waals surface area contributed by atoms with Gasteiger partial charge in [0.1, 0.15) is 5.82 Å². The molecule has 0 saturated carbocycles. The van der Waals surface area contributed by atoms with Crippen LogP contribution in [0, 0.1) is 18.7 Å². The highest BCUT2D eigenvalue weighted by atomic mass is 19.1. The van der Waals surface area contributed by atoms with Crippen LogP contribution in [0.1, 0.15) is 44.4 Å². The standard InChI is InChI=1S/C14H22FN/c1-5-16-14(8-10(2)3)13-9-12(15)7-6-11(13)4/h6-7,9-10,14,16H,5,8H2,1-4H3. The van der Waals surface area contributed by atoms with Crippen molar-refractivity contribution in [3.8, 4) is 0 Å². The second-order valence-electron chi connectivity index (χ2n) is 4.74. The fraction of sp³-hybridized carbons (Fsp3) is 0.571. The minimum Gasteiger partial charge on any atom is -0.310 e. The van der Waals surface area contributed by atoms with Gasteiger partial charge in [0, 0.05) is 6.04 Å². The Hall–Kier alpha value is -0.890. The van der Waals surface area contributed by atoms with Crippen LogP contribution >= 0.6 is 0 Å². The highest BCUT2D eigenvalue weighted by Crippen LogP contribution is 2.24. The van der Waals surface area contributed by atoms with Crippen LogP contribution in [0.25, 0.3) is 0 Å². The van der Waals surface area contributed by atoms with Crippen molar-refractivity contribution >= 4 is 0 Å². The van der Waals surface area contributed by atoms with Crippen molar-refractivity contribution in [1.82, 2.24) is 5.32 Å². The van der Waals surface area contributed by atoms with E-state index in [-0.39, 0.29) is 11.9 Å². The minimum atomic E-state index is -0.146. The third-order valence-electron chi connectivity index (χ3n) is 2.77. The van der Waals surface area contributed by atoms with Crippen molar-refractivity contribution in [2.24, 2.45) is 5.92 Å². The Bertz CT molecular complexity index is 334. The van der Waals surface area contributed by atoms with Gasteiger partial charge in [0.15, 0.2) is 0 Å². The van der Waals surface area contributed by atoms with Crippen LogP contribution in [0.15, 0.2) is 18.2 Å². The van der Waals surface area contributed by atoms with Crippen molar-refractivity contribution in [2.45, 2.75) is 40.2 Å². The highest BCUT2D eigenvalue weighted by Gasteiger charge is 2.14. The summed E-state index contributed by atoms with van der Waals surface area (Å²) in [5.74, 6) is 0.457. The first-order chi connectivity index (χ1) is 7.54. The van der Waals surface area contributed by atoms with Gasteiger partial charge >= 0.3 is 0 Å². The largest absolute Gasteiger partial charge is 0.310 e. The van der Waals surface area contributed by atoms with Crippen LogP contribution in [0.5, 0.6) is 0 Å². The maximum absolute atomic E-state index is 13.3. The topological polar surface area (TPSA) is 12.0 Å². The minimum absolute atomic E-state index is 0.146. The summed E-state index contributed by atoms with van der Waals surface area (Å²) in [5.41, 5.74) is 2.25. The van der Waals surface area contributed by atoms with E-state index in [2.05, 4.69) is 26.1 Å². The van der Waals surface area contributed by atoms with E-state index in [1.807, 2.05) is 13.0 Å². The first kappa shape index (κ1) is 13.2. The normalized spacial score (nSPS) is 13.1. The lowest BCUT2D eigenvalue weighted by Gasteiger charge is -2.22. The average Bonchev–Trinajstić information content (AvgIpc) is 2.20. The van der Waals surface area contributed by atoms with Gasteiger partial charge in [0.2, 0.25) is 0 Å². The van der Waals surface area contributed by atoms with Gasteiger partial charge in [-0.05, 0) is 49.1 Å². The zero-order valence-electron chi connectivity index (χ0n) is 10.7. The van der Waals surface area contributed by atoms with Gasteiger partial charge < -0.3 is 5.32 Å². The molecule has 0 radical (unpaired) electrons. The van der Waals surface area contributed by atoms with Gasteiger partial charge in [0.25, 0.3) is 0 Å². The molecule has 1 N–H and O–H groups in total. The maximum Gasteiger partial charge on any atom is 0.123 e. The van der Waals surface area contributed by atoms with E-state index < -0.39 is 0 Å². The van der Waals surface area contributed by atoms with E-state index in [0.717, 1.165) is 24.1 Å². The SMILES string of the molecule is CCNC(CC(C)C)c1cc(F)ccc1C. The smallest absolute Gasteiger partial charge is 0.123 e. The van der Waals surface area contributed by atoms with E-state index in [1.165, 1.54) is 6.07 Å². The molecule has 0 amide bonds. The van der Waals surface area contributed by atoms with Crippen molar-refractivity contribution in [1.29, 1.82) is 0 Å². The Morgan fingerprint density at radius 1 is 1.31 bits per heavy atom. The summed E-state index contributed by atoms with van der Waals surface area (Å²) in [5, 5.41) is 3.43. The van der Waals surface area contributed by atoms with Gasteiger partial charge in [-0.25, -0.2) is 4.39 Å². The number of halogens is 1. The molecular weight excluding hydrogens is 201 g/mol. The molecule has 0 aromatic heterocycles. The summed E-state index contributed by atoms with van der Waals surface area (Å²) < 4.78 is 13.3. The van der Waals surface area contributed by atoms with Gasteiger partial charge in [-0.15, -0.1) is 0 Å². The summed E-state index contributed by atoms with van der Waals surface area (Å²) in [6.45, 7) is 9.42. The average molecular weight is 223 g/mol. The van der Waals surface area contributed by atoms with Crippen LogP contribution in [0.2, 0.25) is 0 Å². The third-order valence-corrected chi connectivity index (χ3v) is 2.77. The fourth-order valence-corrected chi connectivity index (χ4v) is 2.02. The lowest BCUT2D eigenvalue weighted by atomic mass is 9.94. The maximum atomic E-state index is 13.3. The van der Waals surface area contributed by atoms with Crippen molar-refractivity contribution < 1.29 is 4.39 Å². The predicted octanol–water partition coefficient (Wildman–Crippen LogP) is 3.83. The molecule has 0 spiro atoms. The molecule has 1 nitrogen and oxygen atoms in total. The lowest BCUT2D eigenvalue weighted by molar-refractivity contribution is 0.435. The molecule has 1 rings (SSSR count). The zero-order valence-corrected chi connectivity index (χ0v) is 10.7. The summed E-state index contributed by atoms with van der Waals surface area (Å²) in [6, 6.07) is 5.30. The summed E-state index contributed by atoms with van der Waals surface area (Å²) in [6.07, 6.45) is 1.04. The zero-order chi connectivity index (χ0) is 12.1. The quantitative estimate of drug-likeness (QED) is 0.800. The molecule has 90 valence electrons. The Kier molecular flexibility index (Phi) is 4.94. The number of hydrogen-bond acceptors (Lipinski definition) is 1. The molecule has 0 fully saturated rings. The van der Waals surface area contributed by atoms with Crippen LogP contribution in [0.3, 0.4) is 0 Å². The summed E-state index contributed by atoms with van der Waals surface area (Å²) >= 11 is 0. The van der Waals surface area contributed by atoms with Gasteiger partial charge in [-0.2, -0.15) is 0 Å². The highest BCUT2D eigenvalue weighted by molar-refractivity contribution is 5.29. The summed E-state index contributed by atoms with van der Waals surface area (Å²) in [7, 11) is 0. The Labute approximate surface area is 98.1 Å². The second kappa shape index (κ2) is 6.00. The van der Waals surface area contributed by atoms with E-state index >= 15 is 0 Å². The predicted molar refractivity (Wildman–Crippen MR) is 67.0 cm³/mol. The van der Waals surface area contributed by atoms with E-state index in [0.29, 0.717) is 5.92 Å². The molecule has 1 aromatic carbocycles. The first-order valence-corrected chi connectivity index (χ1v) is 6.04. The van der Waals surface area contributed by atoms with Crippen molar-refractivity contribution in [3.63, 3.8) is 0 Å². The molecule has 0 aliphatic heterocycles. The fourth-order valence-electron chi connectivity index (χ4n) is 2.02. The van der Waals surface area contributed by atoms with E-state index in [1.54, 1.807) is 6.07 Å². The van der Waals surface area contributed by atoms with Crippen LogP contribution in [-0.4, -0.2) is 6.54 Å². The molecule has 2 heteroatoms. The molecule has 0 bridgehead atoms. The van der Waals surface area contributed by atoms with Crippen LogP contribution in [-0.2, 0) is 0 Å². The molecular formula is C14H22FN.